The fourth-order valence-corrected chi connectivity index (χ4v) is 11.9. The molecule has 10 nitrogen and oxygen atoms in total. The zero-order valence-electron chi connectivity index (χ0n) is 33.7. The number of amides is 6. The number of para-hydroxylation sites is 1. The Morgan fingerprint density at radius 3 is 1.34 bits per heavy atom. The third-order valence-electron chi connectivity index (χ3n) is 9.20. The molecule has 3 N–H and O–H groups in total. The summed E-state index contributed by atoms with van der Waals surface area (Å²) in [4.78, 5) is 74.4. The molecule has 20 heteroatoms. The summed E-state index contributed by atoms with van der Waals surface area (Å²) >= 11 is 13.1. The smallest absolute Gasteiger partial charge is 0.405 e. The lowest BCUT2D eigenvalue weighted by atomic mass is 10.0. The molecule has 67 heavy (non-hydrogen) atoms. The van der Waals surface area contributed by atoms with Gasteiger partial charge in [-0.2, -0.15) is 0 Å². The van der Waals surface area contributed by atoms with Crippen molar-refractivity contribution in [1.82, 2.24) is 16.0 Å². The maximum Gasteiger partial charge on any atom is 0.573 e. The van der Waals surface area contributed by atoms with Crippen LogP contribution in [0.5, 0.6) is 5.75 Å². The first kappa shape index (κ1) is 47.3. The van der Waals surface area contributed by atoms with Crippen LogP contribution in [-0.4, -0.2) is 39.8 Å². The Bertz CT molecular complexity index is 3220. The molecule has 4 aromatic carbocycles. The SMILES string of the molecule is O=C1NC(=O)/C(=C/c2ccc(-c3cccc4ccccc34)s2)S1.O=C1NC(=O)/C(=C/c2ccc(-c3ccccc3Cl)s2)S1.O=C1NC(=O)/C(=C/c2ccc(-c3ccccc3OC(F)(F)F)s2)S1. The summed E-state index contributed by atoms with van der Waals surface area (Å²) in [5.41, 5.74) is 2.44. The first-order valence-electron chi connectivity index (χ1n) is 19.3. The summed E-state index contributed by atoms with van der Waals surface area (Å²) in [6.07, 6.45) is 0.226. The first-order chi connectivity index (χ1) is 32.2. The molecular weight excluding hydrogens is 1000 g/mol. The lowest BCUT2D eigenvalue weighted by Crippen LogP contribution is -2.17. The van der Waals surface area contributed by atoms with Crippen molar-refractivity contribution in [1.29, 1.82) is 0 Å². The van der Waals surface area contributed by atoms with Crippen LogP contribution in [0.2, 0.25) is 5.02 Å². The van der Waals surface area contributed by atoms with E-state index in [1.807, 2.05) is 54.6 Å². The number of rotatable bonds is 7. The maximum absolute atomic E-state index is 12.5. The number of benzene rings is 4. The van der Waals surface area contributed by atoms with Gasteiger partial charge in [0.05, 0.1) is 14.7 Å². The Labute approximate surface area is 408 Å². The second kappa shape index (κ2) is 20.8. The van der Waals surface area contributed by atoms with Crippen molar-refractivity contribution in [2.24, 2.45) is 0 Å². The molecular formula is C47H27ClF3N3O7S6. The van der Waals surface area contributed by atoms with Gasteiger partial charge in [0.1, 0.15) is 5.75 Å². The van der Waals surface area contributed by atoms with E-state index in [4.69, 9.17) is 11.6 Å². The van der Waals surface area contributed by atoms with Crippen molar-refractivity contribution in [3.8, 4) is 37.1 Å². The molecule has 7 aromatic rings. The monoisotopic (exact) mass is 1030 g/mol. The van der Waals surface area contributed by atoms with Crippen molar-refractivity contribution in [3.63, 3.8) is 0 Å². The molecule has 0 atom stereocenters. The van der Waals surface area contributed by atoms with Crippen LogP contribution >= 0.6 is 80.9 Å². The van der Waals surface area contributed by atoms with Crippen LogP contribution in [0, 0.1) is 0 Å². The van der Waals surface area contributed by atoms with Crippen molar-refractivity contribution in [2.45, 2.75) is 6.36 Å². The van der Waals surface area contributed by atoms with E-state index in [2.05, 4.69) is 57.1 Å². The molecule has 3 aromatic heterocycles. The zero-order valence-corrected chi connectivity index (χ0v) is 39.3. The van der Waals surface area contributed by atoms with Gasteiger partial charge in [-0.05, 0) is 124 Å². The van der Waals surface area contributed by atoms with Crippen LogP contribution < -0.4 is 20.7 Å². The molecule has 3 fully saturated rings. The van der Waals surface area contributed by atoms with Crippen LogP contribution in [0.4, 0.5) is 27.6 Å². The van der Waals surface area contributed by atoms with Gasteiger partial charge in [-0.15, -0.1) is 47.2 Å². The molecule has 0 aliphatic carbocycles. The van der Waals surface area contributed by atoms with E-state index < -0.39 is 17.5 Å². The lowest BCUT2D eigenvalue weighted by Gasteiger charge is -2.12. The summed E-state index contributed by atoms with van der Waals surface area (Å²) in [5, 5.41) is 8.65. The van der Waals surface area contributed by atoms with Gasteiger partial charge < -0.3 is 4.74 Å². The summed E-state index contributed by atoms with van der Waals surface area (Å²) in [7, 11) is 0. The number of alkyl halides is 3. The van der Waals surface area contributed by atoms with Gasteiger partial charge in [-0.1, -0.05) is 84.4 Å². The molecule has 3 saturated heterocycles. The van der Waals surface area contributed by atoms with Crippen LogP contribution in [0.1, 0.15) is 14.6 Å². The van der Waals surface area contributed by atoms with Crippen molar-refractivity contribution < 1.29 is 46.7 Å². The molecule has 6 heterocycles. The maximum atomic E-state index is 12.5. The quantitative estimate of drug-likeness (QED) is 0.132. The largest absolute Gasteiger partial charge is 0.573 e. The summed E-state index contributed by atoms with van der Waals surface area (Å²) in [5.74, 6) is -1.44. The standard InChI is InChI=1S/C18H11NO2S2.C15H8F3NO3S2.C14H8ClNO2S2/c20-17-16(23-18(21)19-17)10-12-8-9-15(22-12)14-7-3-5-11-4-1-2-6-13(11)14;16-15(17,18)22-10-4-2-1-3-9(10)11-6-5-8(23-11)7-12-13(20)19-14(21)24-12;15-10-4-2-1-3-9(10)11-6-5-8(19-11)7-12-13(17)16-14(18)20-12/h1-10H,(H,19,20,21);1-7H,(H,19,20,21);1-7H,(H,16,17,18)/b16-10-;2*12-7-. The predicted octanol–water partition coefficient (Wildman–Crippen LogP) is 13.9. The Balaban J connectivity index is 0.000000137. The lowest BCUT2D eigenvalue weighted by molar-refractivity contribution is -0.274. The van der Waals surface area contributed by atoms with Crippen molar-refractivity contribution in [2.75, 3.05) is 0 Å². The zero-order chi connectivity index (χ0) is 47.2. The van der Waals surface area contributed by atoms with Crippen molar-refractivity contribution in [3.05, 3.63) is 162 Å². The fourth-order valence-electron chi connectivity index (χ4n) is 6.36. The normalized spacial score (nSPS) is 16.5. The van der Waals surface area contributed by atoms with Crippen molar-refractivity contribution >= 4 is 143 Å². The van der Waals surface area contributed by atoms with E-state index in [0.29, 0.717) is 30.2 Å². The van der Waals surface area contributed by atoms with Gasteiger partial charge in [-0.3, -0.25) is 44.7 Å². The molecule has 0 radical (unpaired) electrons. The third kappa shape index (κ3) is 12.0. The highest BCUT2D eigenvalue weighted by atomic mass is 35.5. The minimum atomic E-state index is -4.78. The molecule has 10 rings (SSSR count). The van der Waals surface area contributed by atoms with Gasteiger partial charge in [0.15, 0.2) is 0 Å². The summed E-state index contributed by atoms with van der Waals surface area (Å²) < 4.78 is 41.5. The molecule has 6 amide bonds. The number of thiophene rings is 3. The van der Waals surface area contributed by atoms with Crippen LogP contribution in [0.25, 0.3) is 60.3 Å². The van der Waals surface area contributed by atoms with E-state index in [-0.39, 0.29) is 32.9 Å². The molecule has 3 aliphatic heterocycles. The number of imide groups is 3. The Kier molecular flexibility index (Phi) is 14.7. The third-order valence-corrected chi connectivity index (χ3v) is 15.2. The van der Waals surface area contributed by atoms with Crippen LogP contribution in [0.15, 0.2) is 142 Å². The number of halogens is 4. The molecule has 3 aliphatic rings. The fraction of sp³-hybridized carbons (Fsp3) is 0.0213. The van der Waals surface area contributed by atoms with Crippen LogP contribution in [-0.2, 0) is 14.4 Å². The highest BCUT2D eigenvalue weighted by molar-refractivity contribution is 8.19. The molecule has 0 saturated carbocycles. The highest BCUT2D eigenvalue weighted by Crippen LogP contribution is 2.40. The summed E-state index contributed by atoms with van der Waals surface area (Å²) in [6, 6.07) is 39.1. The van der Waals surface area contributed by atoms with E-state index in [0.717, 1.165) is 60.4 Å². The average molecular weight is 1030 g/mol. The molecule has 336 valence electrons. The number of thioether (sulfide) groups is 3. The van der Waals surface area contributed by atoms with Gasteiger partial charge in [0.2, 0.25) is 0 Å². The number of nitrogens with one attached hydrogen (secondary N) is 3. The van der Waals surface area contributed by atoms with E-state index in [9.17, 15) is 41.9 Å². The number of carbonyl (C=O) groups is 6. The number of fused-ring (bicyclic) bond motifs is 1. The Hall–Kier alpha value is -6.19. The first-order valence-corrected chi connectivity index (χ1v) is 24.6. The average Bonchev–Trinajstić information content (AvgIpc) is 4.17. The second-order valence-electron chi connectivity index (χ2n) is 13.7. The molecule has 0 bridgehead atoms. The molecule has 0 spiro atoms. The minimum Gasteiger partial charge on any atom is -0.405 e. The van der Waals surface area contributed by atoms with Gasteiger partial charge in [0.25, 0.3) is 33.4 Å². The van der Waals surface area contributed by atoms with E-state index >= 15 is 0 Å². The Morgan fingerprint density at radius 1 is 0.463 bits per heavy atom. The Morgan fingerprint density at radius 2 is 0.866 bits per heavy atom. The van der Waals surface area contributed by atoms with E-state index in [1.165, 1.54) is 63.3 Å². The number of carbonyl (C=O) groups excluding carboxylic acids is 6. The predicted molar refractivity (Wildman–Crippen MR) is 266 cm³/mol. The van der Waals surface area contributed by atoms with Gasteiger partial charge in [0, 0.05) is 45.4 Å². The second-order valence-corrected chi connectivity index (χ2v) is 20.5. The van der Waals surface area contributed by atoms with Gasteiger partial charge in [-0.25, -0.2) is 0 Å². The van der Waals surface area contributed by atoms with Crippen LogP contribution in [0.3, 0.4) is 0 Å². The number of ether oxygens (including phenoxy) is 1. The topological polar surface area (TPSA) is 148 Å². The van der Waals surface area contributed by atoms with E-state index in [1.54, 1.807) is 41.7 Å². The molecule has 0 unspecified atom stereocenters. The number of hydrogen-bond donors (Lipinski definition) is 3. The summed E-state index contributed by atoms with van der Waals surface area (Å²) in [6.45, 7) is 0. The number of hydrogen-bond acceptors (Lipinski definition) is 13. The van der Waals surface area contributed by atoms with Gasteiger partial charge >= 0.3 is 6.36 Å². The minimum absolute atomic E-state index is 0.244. The highest BCUT2D eigenvalue weighted by Gasteiger charge is 2.32.